The van der Waals surface area contributed by atoms with Crippen LogP contribution in [-0.4, -0.2) is 36.5 Å². The molecule has 0 aromatic rings. The minimum absolute atomic E-state index is 0.346. The maximum atomic E-state index is 12.3. The van der Waals surface area contributed by atoms with Gasteiger partial charge in [-0.3, -0.25) is 4.79 Å². The SMILES string of the molecule is CCCNC1CC(CCC)CN(C(=O)CC(C)C)C1. The van der Waals surface area contributed by atoms with Crippen molar-refractivity contribution in [2.45, 2.75) is 65.8 Å². The zero-order chi connectivity index (χ0) is 14.3. The predicted octanol–water partition coefficient (Wildman–Crippen LogP) is 3.05. The zero-order valence-electron chi connectivity index (χ0n) is 13.2. The standard InChI is InChI=1S/C16H32N2O/c1-5-7-14-10-15(17-8-6-2)12-18(11-14)16(19)9-13(3)4/h13-15,17H,5-12H2,1-4H3. The average Bonchev–Trinajstić information content (AvgIpc) is 2.35. The average molecular weight is 268 g/mol. The minimum Gasteiger partial charge on any atom is -0.341 e. The van der Waals surface area contributed by atoms with E-state index in [-0.39, 0.29) is 0 Å². The Morgan fingerprint density at radius 1 is 1.26 bits per heavy atom. The lowest BCUT2D eigenvalue weighted by Crippen LogP contribution is -2.51. The third kappa shape index (κ3) is 5.94. The summed E-state index contributed by atoms with van der Waals surface area (Å²) in [7, 11) is 0. The number of carbonyl (C=O) groups excluding carboxylic acids is 1. The van der Waals surface area contributed by atoms with Crippen LogP contribution in [0.15, 0.2) is 0 Å². The van der Waals surface area contributed by atoms with Crippen molar-refractivity contribution in [2.24, 2.45) is 11.8 Å². The first-order chi connectivity index (χ1) is 9.06. The number of hydrogen-bond acceptors (Lipinski definition) is 2. The van der Waals surface area contributed by atoms with E-state index in [9.17, 15) is 4.79 Å². The van der Waals surface area contributed by atoms with E-state index in [0.717, 1.165) is 26.1 Å². The monoisotopic (exact) mass is 268 g/mol. The van der Waals surface area contributed by atoms with Crippen LogP contribution in [0.4, 0.5) is 0 Å². The molecule has 3 heteroatoms. The van der Waals surface area contributed by atoms with E-state index in [1.165, 1.54) is 19.3 Å². The van der Waals surface area contributed by atoms with Crippen LogP contribution in [0.2, 0.25) is 0 Å². The Kier molecular flexibility index (Phi) is 7.44. The number of nitrogens with one attached hydrogen (secondary N) is 1. The molecule has 0 aliphatic carbocycles. The molecule has 2 atom stereocenters. The van der Waals surface area contributed by atoms with Gasteiger partial charge in [-0.25, -0.2) is 0 Å². The van der Waals surface area contributed by atoms with Gasteiger partial charge >= 0.3 is 0 Å². The van der Waals surface area contributed by atoms with Gasteiger partial charge in [-0.05, 0) is 37.6 Å². The predicted molar refractivity (Wildman–Crippen MR) is 81.1 cm³/mol. The third-order valence-electron chi connectivity index (χ3n) is 3.85. The first-order valence-corrected chi connectivity index (χ1v) is 8.07. The fraction of sp³-hybridized carbons (Fsp3) is 0.938. The number of likely N-dealkylation sites (tertiary alicyclic amines) is 1. The molecule has 0 radical (unpaired) electrons. The molecule has 1 N–H and O–H groups in total. The first kappa shape index (κ1) is 16.5. The van der Waals surface area contributed by atoms with E-state index < -0.39 is 0 Å². The normalized spacial score (nSPS) is 23.9. The lowest BCUT2D eigenvalue weighted by atomic mass is 9.90. The second-order valence-corrected chi connectivity index (χ2v) is 6.44. The van der Waals surface area contributed by atoms with Crippen molar-refractivity contribution in [3.8, 4) is 0 Å². The van der Waals surface area contributed by atoms with E-state index in [1.807, 2.05) is 0 Å². The Balaban J connectivity index is 2.56. The summed E-state index contributed by atoms with van der Waals surface area (Å²) in [6, 6.07) is 0.501. The van der Waals surface area contributed by atoms with Crippen LogP contribution in [-0.2, 0) is 4.79 Å². The van der Waals surface area contributed by atoms with E-state index in [0.29, 0.717) is 30.2 Å². The van der Waals surface area contributed by atoms with E-state index in [4.69, 9.17) is 0 Å². The fourth-order valence-corrected chi connectivity index (χ4v) is 3.00. The first-order valence-electron chi connectivity index (χ1n) is 8.07. The molecule has 0 aromatic carbocycles. The summed E-state index contributed by atoms with van der Waals surface area (Å²) >= 11 is 0. The summed E-state index contributed by atoms with van der Waals surface area (Å²) in [5, 5.41) is 3.60. The van der Waals surface area contributed by atoms with Crippen LogP contribution in [0.25, 0.3) is 0 Å². The van der Waals surface area contributed by atoms with E-state index >= 15 is 0 Å². The molecule has 3 nitrogen and oxygen atoms in total. The number of piperidine rings is 1. The molecule has 0 saturated carbocycles. The summed E-state index contributed by atoms with van der Waals surface area (Å²) in [5.74, 6) is 1.49. The zero-order valence-corrected chi connectivity index (χ0v) is 13.2. The van der Waals surface area contributed by atoms with Crippen LogP contribution < -0.4 is 5.32 Å². The summed E-state index contributed by atoms with van der Waals surface area (Å²) in [4.78, 5) is 14.4. The number of carbonyl (C=O) groups is 1. The number of nitrogens with zero attached hydrogens (tertiary/aromatic N) is 1. The van der Waals surface area contributed by atoms with Crippen molar-refractivity contribution in [3.63, 3.8) is 0 Å². The minimum atomic E-state index is 0.346. The van der Waals surface area contributed by atoms with E-state index in [2.05, 4.69) is 37.9 Å². The summed E-state index contributed by atoms with van der Waals surface area (Å²) in [6.45, 7) is 11.6. The Morgan fingerprint density at radius 3 is 2.58 bits per heavy atom. The van der Waals surface area contributed by atoms with Gasteiger partial charge in [0.05, 0.1) is 0 Å². The molecule has 1 amide bonds. The molecule has 1 aliphatic rings. The molecule has 0 aromatic heterocycles. The van der Waals surface area contributed by atoms with Gasteiger partial charge in [0, 0.05) is 25.6 Å². The molecule has 1 rings (SSSR count). The highest BCUT2D eigenvalue weighted by atomic mass is 16.2. The van der Waals surface area contributed by atoms with Crippen molar-refractivity contribution in [1.29, 1.82) is 0 Å². The maximum absolute atomic E-state index is 12.3. The second kappa shape index (κ2) is 8.57. The van der Waals surface area contributed by atoms with Gasteiger partial charge < -0.3 is 10.2 Å². The molecule has 1 fully saturated rings. The quantitative estimate of drug-likeness (QED) is 0.769. The van der Waals surface area contributed by atoms with Gasteiger partial charge in [-0.1, -0.05) is 34.1 Å². The van der Waals surface area contributed by atoms with Crippen molar-refractivity contribution in [3.05, 3.63) is 0 Å². The molecule has 0 bridgehead atoms. The van der Waals surface area contributed by atoms with E-state index in [1.54, 1.807) is 0 Å². The Hall–Kier alpha value is -0.570. The van der Waals surface area contributed by atoms with Gasteiger partial charge in [-0.15, -0.1) is 0 Å². The van der Waals surface area contributed by atoms with Gasteiger partial charge in [0.25, 0.3) is 0 Å². The molecule has 19 heavy (non-hydrogen) atoms. The van der Waals surface area contributed by atoms with Crippen LogP contribution in [0.1, 0.15) is 59.8 Å². The Morgan fingerprint density at radius 2 is 2.00 bits per heavy atom. The molecule has 1 saturated heterocycles. The lowest BCUT2D eigenvalue weighted by molar-refractivity contribution is -0.134. The second-order valence-electron chi connectivity index (χ2n) is 6.44. The smallest absolute Gasteiger partial charge is 0.222 e. The topological polar surface area (TPSA) is 32.3 Å². The fourth-order valence-electron chi connectivity index (χ4n) is 3.00. The highest BCUT2D eigenvalue weighted by Gasteiger charge is 2.29. The highest BCUT2D eigenvalue weighted by Crippen LogP contribution is 2.22. The summed E-state index contributed by atoms with van der Waals surface area (Å²) in [6.07, 6.45) is 5.56. The van der Waals surface area contributed by atoms with Gasteiger partial charge in [0.2, 0.25) is 5.91 Å². The molecule has 2 unspecified atom stereocenters. The van der Waals surface area contributed by atoms with Crippen LogP contribution in [0.3, 0.4) is 0 Å². The van der Waals surface area contributed by atoms with Gasteiger partial charge in [0.15, 0.2) is 0 Å². The third-order valence-corrected chi connectivity index (χ3v) is 3.85. The lowest BCUT2D eigenvalue weighted by Gasteiger charge is -2.38. The maximum Gasteiger partial charge on any atom is 0.222 e. The van der Waals surface area contributed by atoms with Crippen molar-refractivity contribution in [1.82, 2.24) is 10.2 Å². The number of hydrogen-bond donors (Lipinski definition) is 1. The molecule has 1 heterocycles. The van der Waals surface area contributed by atoms with Crippen LogP contribution >= 0.6 is 0 Å². The molecular formula is C16H32N2O. The largest absolute Gasteiger partial charge is 0.341 e. The van der Waals surface area contributed by atoms with Crippen molar-refractivity contribution in [2.75, 3.05) is 19.6 Å². The van der Waals surface area contributed by atoms with Crippen LogP contribution in [0.5, 0.6) is 0 Å². The Labute approximate surface area is 119 Å². The van der Waals surface area contributed by atoms with Crippen LogP contribution in [0, 0.1) is 11.8 Å². The van der Waals surface area contributed by atoms with Crippen molar-refractivity contribution < 1.29 is 4.79 Å². The number of amides is 1. The summed E-state index contributed by atoms with van der Waals surface area (Å²) < 4.78 is 0. The number of rotatable bonds is 7. The van der Waals surface area contributed by atoms with Gasteiger partial charge in [0.1, 0.15) is 0 Å². The Bertz CT molecular complexity index is 265. The molecular weight excluding hydrogens is 236 g/mol. The highest BCUT2D eigenvalue weighted by molar-refractivity contribution is 5.76. The molecule has 112 valence electrons. The van der Waals surface area contributed by atoms with Crippen molar-refractivity contribution >= 4 is 5.91 Å². The summed E-state index contributed by atoms with van der Waals surface area (Å²) in [5.41, 5.74) is 0. The molecule has 1 aliphatic heterocycles. The van der Waals surface area contributed by atoms with Gasteiger partial charge in [-0.2, -0.15) is 0 Å². The molecule has 0 spiro atoms.